The van der Waals surface area contributed by atoms with Gasteiger partial charge in [-0.15, -0.1) is 0 Å². The number of morpholine rings is 1. The maximum atomic E-state index is 13.1. The van der Waals surface area contributed by atoms with Gasteiger partial charge < -0.3 is 29.4 Å². The summed E-state index contributed by atoms with van der Waals surface area (Å²) >= 11 is 6.24. The molecule has 210 valence electrons. The largest absolute Gasteiger partial charge is 0.497 e. The van der Waals surface area contributed by atoms with Crippen LogP contribution in [0.3, 0.4) is 0 Å². The van der Waals surface area contributed by atoms with Crippen molar-refractivity contribution in [3.63, 3.8) is 0 Å². The predicted octanol–water partition coefficient (Wildman–Crippen LogP) is 5.23. The van der Waals surface area contributed by atoms with E-state index in [0.717, 1.165) is 46.8 Å². The minimum atomic E-state index is -0.338. The molecular formula is C30H29ClN6O4. The van der Waals surface area contributed by atoms with E-state index < -0.39 is 0 Å². The summed E-state index contributed by atoms with van der Waals surface area (Å²) in [7, 11) is 3.16. The summed E-state index contributed by atoms with van der Waals surface area (Å²) in [6.45, 7) is 3.59. The smallest absolute Gasteiger partial charge is 0.256 e. The van der Waals surface area contributed by atoms with Gasteiger partial charge in [-0.25, -0.2) is 4.98 Å². The molecule has 0 atom stereocenters. The van der Waals surface area contributed by atoms with Crippen molar-refractivity contribution in [2.75, 3.05) is 50.7 Å². The van der Waals surface area contributed by atoms with Crippen LogP contribution >= 0.6 is 11.6 Å². The molecule has 11 heteroatoms. The lowest BCUT2D eigenvalue weighted by atomic mass is 10.2. The summed E-state index contributed by atoms with van der Waals surface area (Å²) < 4.78 is 17.8. The van der Waals surface area contributed by atoms with Crippen molar-refractivity contribution >= 4 is 40.0 Å². The Balaban J connectivity index is 1.33. The van der Waals surface area contributed by atoms with Gasteiger partial charge in [-0.1, -0.05) is 23.7 Å². The second-order valence-corrected chi connectivity index (χ2v) is 10.0. The molecule has 0 aliphatic carbocycles. The van der Waals surface area contributed by atoms with E-state index in [9.17, 15) is 4.79 Å². The van der Waals surface area contributed by atoms with E-state index in [2.05, 4.69) is 27.3 Å². The molecule has 5 aromatic rings. The number of halogens is 1. The number of H-pyrrole nitrogens is 1. The van der Waals surface area contributed by atoms with Gasteiger partial charge in [0.2, 0.25) is 0 Å². The summed E-state index contributed by atoms with van der Waals surface area (Å²) in [6.07, 6.45) is 0. The summed E-state index contributed by atoms with van der Waals surface area (Å²) in [4.78, 5) is 23.7. The van der Waals surface area contributed by atoms with E-state index in [-0.39, 0.29) is 5.91 Å². The Labute approximate surface area is 241 Å². The van der Waals surface area contributed by atoms with Crippen molar-refractivity contribution in [3.05, 3.63) is 82.9 Å². The number of benzene rings is 3. The van der Waals surface area contributed by atoms with E-state index in [0.29, 0.717) is 47.7 Å². The fourth-order valence-corrected chi connectivity index (χ4v) is 5.08. The molecule has 1 saturated heterocycles. The molecule has 41 heavy (non-hydrogen) atoms. The van der Waals surface area contributed by atoms with Crippen molar-refractivity contribution in [2.24, 2.45) is 0 Å². The third-order valence-corrected chi connectivity index (χ3v) is 7.31. The minimum Gasteiger partial charge on any atom is -0.497 e. The highest BCUT2D eigenvalue weighted by Gasteiger charge is 2.18. The lowest BCUT2D eigenvalue weighted by Gasteiger charge is -2.28. The highest BCUT2D eigenvalue weighted by Crippen LogP contribution is 2.29. The minimum absolute atomic E-state index is 0.338. The number of aromatic amines is 1. The van der Waals surface area contributed by atoms with Crippen molar-refractivity contribution in [2.45, 2.75) is 6.54 Å². The van der Waals surface area contributed by atoms with Crippen LogP contribution in [-0.2, 0) is 11.3 Å². The van der Waals surface area contributed by atoms with Gasteiger partial charge in [-0.05, 0) is 54.1 Å². The second kappa shape index (κ2) is 11.5. The number of imidazole rings is 1. The number of hydrogen-bond acceptors (Lipinski definition) is 7. The Hall–Kier alpha value is -4.54. The number of carbonyl (C=O) groups excluding carboxylic acids is 1. The Morgan fingerprint density at radius 1 is 1.02 bits per heavy atom. The molecule has 10 nitrogen and oxygen atoms in total. The number of hydrogen-bond donors (Lipinski definition) is 2. The van der Waals surface area contributed by atoms with Gasteiger partial charge in [0.15, 0.2) is 11.6 Å². The van der Waals surface area contributed by atoms with Gasteiger partial charge >= 0.3 is 0 Å². The van der Waals surface area contributed by atoms with E-state index >= 15 is 0 Å². The molecule has 0 saturated carbocycles. The van der Waals surface area contributed by atoms with Crippen LogP contribution in [0.25, 0.3) is 22.6 Å². The van der Waals surface area contributed by atoms with Crippen molar-refractivity contribution in [3.8, 4) is 23.0 Å². The van der Waals surface area contributed by atoms with Crippen LogP contribution in [0.5, 0.6) is 11.5 Å². The monoisotopic (exact) mass is 572 g/mol. The normalized spacial score (nSPS) is 13.4. The van der Waals surface area contributed by atoms with E-state index in [1.807, 2.05) is 41.1 Å². The van der Waals surface area contributed by atoms with Crippen molar-refractivity contribution < 1.29 is 19.0 Å². The molecule has 0 spiro atoms. The zero-order chi connectivity index (χ0) is 28.3. The molecule has 1 fully saturated rings. The maximum Gasteiger partial charge on any atom is 0.256 e. The van der Waals surface area contributed by atoms with Crippen molar-refractivity contribution in [1.82, 2.24) is 19.7 Å². The molecule has 3 aromatic carbocycles. The molecule has 0 unspecified atom stereocenters. The first kappa shape index (κ1) is 26.7. The van der Waals surface area contributed by atoms with E-state index in [1.165, 1.54) is 7.11 Å². The molecule has 2 N–H and O–H groups in total. The molecular weight excluding hydrogens is 544 g/mol. The van der Waals surface area contributed by atoms with Gasteiger partial charge in [0, 0.05) is 30.4 Å². The molecule has 2 aromatic heterocycles. The van der Waals surface area contributed by atoms with Gasteiger partial charge in [0.05, 0.1) is 50.0 Å². The van der Waals surface area contributed by atoms with Crippen LogP contribution in [0.4, 0.5) is 11.5 Å². The van der Waals surface area contributed by atoms with Crippen LogP contribution in [0, 0.1) is 0 Å². The highest BCUT2D eigenvalue weighted by atomic mass is 35.5. The summed E-state index contributed by atoms with van der Waals surface area (Å²) in [6, 6.07) is 20.7. The Bertz CT molecular complexity index is 1690. The molecule has 1 aliphatic heterocycles. The quantitative estimate of drug-likeness (QED) is 0.262. The standard InChI is InChI=1S/C30H29ClN6O4/c1-39-22-7-3-19(4-8-22)18-37-26(17-28(35-37)34-30(38)20-5-10-27(40-2)23(31)15-20)29-32-24-9-6-21(16-25(24)33-29)36-11-13-41-14-12-36/h3-10,15-17H,11-14,18H2,1-2H3,(H,32,33)(H,34,35,38). The number of aromatic nitrogens is 4. The fraction of sp³-hybridized carbons (Fsp3) is 0.233. The lowest BCUT2D eigenvalue weighted by molar-refractivity contribution is 0.102. The topological polar surface area (TPSA) is 107 Å². The summed E-state index contributed by atoms with van der Waals surface area (Å²) in [5.74, 6) is 1.97. The van der Waals surface area contributed by atoms with Crippen LogP contribution in [0.15, 0.2) is 66.7 Å². The van der Waals surface area contributed by atoms with E-state index in [1.54, 1.807) is 25.3 Å². The number of methoxy groups -OCH3 is 2. The average molecular weight is 573 g/mol. The Morgan fingerprint density at radius 2 is 1.83 bits per heavy atom. The number of ether oxygens (including phenoxy) is 3. The SMILES string of the molecule is COc1ccc(Cn2nc(NC(=O)c3ccc(OC)c(Cl)c3)cc2-c2nc3ccc(N4CCOCC4)cc3[nH]2)cc1. The molecule has 6 rings (SSSR count). The van der Waals surface area contributed by atoms with Gasteiger partial charge in [-0.2, -0.15) is 5.10 Å². The van der Waals surface area contributed by atoms with Crippen LogP contribution in [-0.4, -0.2) is 66.2 Å². The highest BCUT2D eigenvalue weighted by molar-refractivity contribution is 6.32. The first-order chi connectivity index (χ1) is 20.0. The number of carbonyl (C=O) groups is 1. The van der Waals surface area contributed by atoms with Crippen LogP contribution in [0.1, 0.15) is 15.9 Å². The predicted molar refractivity (Wildman–Crippen MR) is 158 cm³/mol. The van der Waals surface area contributed by atoms with Crippen LogP contribution in [0.2, 0.25) is 5.02 Å². The first-order valence-electron chi connectivity index (χ1n) is 13.2. The number of nitrogens with one attached hydrogen (secondary N) is 2. The third kappa shape index (κ3) is 5.70. The zero-order valence-corrected chi connectivity index (χ0v) is 23.4. The average Bonchev–Trinajstić information content (AvgIpc) is 3.61. The first-order valence-corrected chi connectivity index (χ1v) is 13.6. The van der Waals surface area contributed by atoms with Gasteiger partial charge in [0.1, 0.15) is 17.2 Å². The number of nitrogens with zero attached hydrogens (tertiary/aromatic N) is 4. The fourth-order valence-electron chi connectivity index (χ4n) is 4.83. The Kier molecular flexibility index (Phi) is 7.49. The molecule has 0 bridgehead atoms. The third-order valence-electron chi connectivity index (χ3n) is 7.01. The molecule has 1 amide bonds. The Morgan fingerprint density at radius 3 is 2.56 bits per heavy atom. The van der Waals surface area contributed by atoms with Crippen molar-refractivity contribution in [1.29, 1.82) is 0 Å². The number of amides is 1. The number of fused-ring (bicyclic) bond motifs is 1. The summed E-state index contributed by atoms with van der Waals surface area (Å²) in [5, 5.41) is 7.97. The lowest BCUT2D eigenvalue weighted by Crippen LogP contribution is -2.36. The van der Waals surface area contributed by atoms with E-state index in [4.69, 9.17) is 35.9 Å². The number of anilines is 2. The second-order valence-electron chi connectivity index (χ2n) is 9.61. The zero-order valence-electron chi connectivity index (χ0n) is 22.7. The summed E-state index contributed by atoms with van der Waals surface area (Å²) in [5.41, 5.74) is 5.01. The molecule has 0 radical (unpaired) electrons. The molecule has 3 heterocycles. The maximum absolute atomic E-state index is 13.1. The van der Waals surface area contributed by atoms with Crippen LogP contribution < -0.4 is 19.7 Å². The molecule has 1 aliphatic rings. The number of rotatable bonds is 8. The van der Waals surface area contributed by atoms with Gasteiger partial charge in [-0.3, -0.25) is 9.48 Å². The van der Waals surface area contributed by atoms with Gasteiger partial charge in [0.25, 0.3) is 5.91 Å².